The Hall–Kier alpha value is -0.160. The summed E-state index contributed by atoms with van der Waals surface area (Å²) >= 11 is 0. The Morgan fingerprint density at radius 2 is 2.06 bits per heavy atom. The van der Waals surface area contributed by atoms with Crippen molar-refractivity contribution >= 4 is 0 Å². The lowest BCUT2D eigenvalue weighted by Crippen LogP contribution is -2.53. The molecule has 2 heterocycles. The van der Waals surface area contributed by atoms with E-state index in [1.54, 1.807) is 0 Å². The van der Waals surface area contributed by atoms with Gasteiger partial charge >= 0.3 is 0 Å². The van der Waals surface area contributed by atoms with Crippen LogP contribution in [-0.4, -0.2) is 61.5 Å². The molecule has 2 saturated heterocycles. The van der Waals surface area contributed by atoms with E-state index in [0.717, 1.165) is 58.7 Å². The van der Waals surface area contributed by atoms with Crippen molar-refractivity contribution in [2.45, 2.75) is 31.2 Å². The SMILES string of the molecule is OCC1(N2CCCNCC2)CCCOCC1. The van der Waals surface area contributed by atoms with Crippen LogP contribution < -0.4 is 5.32 Å². The molecule has 0 amide bonds. The summed E-state index contributed by atoms with van der Waals surface area (Å²) in [5, 5.41) is 13.2. The van der Waals surface area contributed by atoms with Gasteiger partial charge < -0.3 is 15.2 Å². The average molecular weight is 228 g/mol. The monoisotopic (exact) mass is 228 g/mol. The van der Waals surface area contributed by atoms with Crippen LogP contribution in [0.2, 0.25) is 0 Å². The number of aliphatic hydroxyl groups excluding tert-OH is 1. The molecule has 2 aliphatic rings. The van der Waals surface area contributed by atoms with Gasteiger partial charge in [0, 0.05) is 38.4 Å². The Balaban J connectivity index is 2.04. The first kappa shape index (κ1) is 12.3. The summed E-state index contributed by atoms with van der Waals surface area (Å²) in [6.45, 7) is 6.24. The van der Waals surface area contributed by atoms with Crippen molar-refractivity contribution in [3.05, 3.63) is 0 Å². The average Bonchev–Trinajstić information content (AvgIpc) is 2.72. The third kappa shape index (κ3) is 2.74. The number of aliphatic hydroxyl groups is 1. The van der Waals surface area contributed by atoms with E-state index >= 15 is 0 Å². The van der Waals surface area contributed by atoms with E-state index < -0.39 is 0 Å². The largest absolute Gasteiger partial charge is 0.394 e. The maximum atomic E-state index is 9.79. The van der Waals surface area contributed by atoms with Gasteiger partial charge in [0.05, 0.1) is 6.61 Å². The van der Waals surface area contributed by atoms with Crippen LogP contribution in [-0.2, 0) is 4.74 Å². The molecule has 94 valence electrons. The molecule has 0 saturated carbocycles. The first-order valence-electron chi connectivity index (χ1n) is 6.52. The predicted molar refractivity (Wildman–Crippen MR) is 63.5 cm³/mol. The van der Waals surface area contributed by atoms with Crippen molar-refractivity contribution < 1.29 is 9.84 Å². The molecule has 0 aliphatic carbocycles. The van der Waals surface area contributed by atoms with Crippen molar-refractivity contribution in [1.29, 1.82) is 0 Å². The van der Waals surface area contributed by atoms with Gasteiger partial charge in [-0.25, -0.2) is 0 Å². The fourth-order valence-electron chi connectivity index (χ4n) is 2.89. The summed E-state index contributed by atoms with van der Waals surface area (Å²) in [6.07, 6.45) is 4.31. The maximum Gasteiger partial charge on any atom is 0.0616 e. The molecule has 1 atom stereocenters. The first-order chi connectivity index (χ1) is 7.87. The van der Waals surface area contributed by atoms with Crippen LogP contribution >= 0.6 is 0 Å². The molecule has 4 heteroatoms. The van der Waals surface area contributed by atoms with Gasteiger partial charge in [-0.15, -0.1) is 0 Å². The van der Waals surface area contributed by atoms with Crippen LogP contribution in [0.5, 0.6) is 0 Å². The van der Waals surface area contributed by atoms with Gasteiger partial charge in [0.2, 0.25) is 0 Å². The van der Waals surface area contributed by atoms with Gasteiger partial charge in [-0.1, -0.05) is 0 Å². The zero-order valence-corrected chi connectivity index (χ0v) is 10.1. The molecule has 4 nitrogen and oxygen atoms in total. The molecule has 0 aromatic carbocycles. The maximum absolute atomic E-state index is 9.79. The third-order valence-corrected chi connectivity index (χ3v) is 3.95. The minimum atomic E-state index is -0.0114. The minimum absolute atomic E-state index is 0.0114. The van der Waals surface area contributed by atoms with E-state index in [1.165, 1.54) is 6.42 Å². The zero-order chi connectivity index (χ0) is 11.3. The highest BCUT2D eigenvalue weighted by Crippen LogP contribution is 2.28. The van der Waals surface area contributed by atoms with Crippen LogP contribution in [0.1, 0.15) is 25.7 Å². The smallest absolute Gasteiger partial charge is 0.0616 e. The molecule has 0 spiro atoms. The molecule has 0 aromatic heterocycles. The fraction of sp³-hybridized carbons (Fsp3) is 1.00. The number of ether oxygens (including phenoxy) is 1. The Morgan fingerprint density at radius 3 is 2.94 bits per heavy atom. The second-order valence-corrected chi connectivity index (χ2v) is 4.94. The van der Waals surface area contributed by atoms with E-state index in [-0.39, 0.29) is 12.1 Å². The number of nitrogens with zero attached hydrogens (tertiary/aromatic N) is 1. The van der Waals surface area contributed by atoms with E-state index in [4.69, 9.17) is 4.74 Å². The van der Waals surface area contributed by atoms with E-state index in [1.807, 2.05) is 0 Å². The normalized spacial score (nSPS) is 34.3. The van der Waals surface area contributed by atoms with Crippen LogP contribution in [0.3, 0.4) is 0 Å². The highest BCUT2D eigenvalue weighted by molar-refractivity contribution is 4.92. The lowest BCUT2D eigenvalue weighted by atomic mass is 9.89. The second-order valence-electron chi connectivity index (χ2n) is 4.94. The van der Waals surface area contributed by atoms with Crippen molar-refractivity contribution in [2.75, 3.05) is 46.0 Å². The van der Waals surface area contributed by atoms with Crippen LogP contribution in [0.15, 0.2) is 0 Å². The molecule has 0 bridgehead atoms. The molecular weight excluding hydrogens is 204 g/mol. The second kappa shape index (κ2) is 5.96. The lowest BCUT2D eigenvalue weighted by molar-refractivity contribution is 0.0162. The molecule has 2 N–H and O–H groups in total. The molecule has 1 unspecified atom stereocenters. The van der Waals surface area contributed by atoms with Crippen molar-refractivity contribution in [3.63, 3.8) is 0 Å². The van der Waals surface area contributed by atoms with E-state index in [2.05, 4.69) is 10.2 Å². The van der Waals surface area contributed by atoms with Crippen molar-refractivity contribution in [2.24, 2.45) is 0 Å². The minimum Gasteiger partial charge on any atom is -0.394 e. The number of nitrogens with one attached hydrogen (secondary N) is 1. The quantitative estimate of drug-likeness (QED) is 0.709. The number of rotatable bonds is 2. The summed E-state index contributed by atoms with van der Waals surface area (Å²) < 4.78 is 5.52. The predicted octanol–water partition coefficient (Wildman–Crippen LogP) is 0.213. The fourth-order valence-corrected chi connectivity index (χ4v) is 2.89. The standard InChI is InChI=1S/C12H24N2O2/c15-11-12(3-1-9-16-10-4-12)14-7-2-5-13-6-8-14/h13,15H,1-11H2. The Bertz CT molecular complexity index is 195. The van der Waals surface area contributed by atoms with Gasteiger partial charge in [-0.05, 0) is 32.2 Å². The molecule has 2 rings (SSSR count). The highest BCUT2D eigenvalue weighted by Gasteiger charge is 2.36. The molecular formula is C12H24N2O2. The van der Waals surface area contributed by atoms with Gasteiger partial charge in [-0.3, -0.25) is 4.90 Å². The lowest BCUT2D eigenvalue weighted by Gasteiger charge is -2.41. The molecule has 0 radical (unpaired) electrons. The first-order valence-corrected chi connectivity index (χ1v) is 6.52. The molecule has 2 fully saturated rings. The van der Waals surface area contributed by atoms with E-state index in [9.17, 15) is 5.11 Å². The van der Waals surface area contributed by atoms with Crippen LogP contribution in [0.25, 0.3) is 0 Å². The summed E-state index contributed by atoms with van der Waals surface area (Å²) in [7, 11) is 0. The topological polar surface area (TPSA) is 44.7 Å². The Kier molecular flexibility index (Phi) is 4.58. The summed E-state index contributed by atoms with van der Waals surface area (Å²) in [4.78, 5) is 2.49. The van der Waals surface area contributed by atoms with E-state index in [0.29, 0.717) is 0 Å². The summed E-state index contributed by atoms with van der Waals surface area (Å²) in [5.74, 6) is 0. The molecule has 0 aromatic rings. The van der Waals surface area contributed by atoms with Gasteiger partial charge in [0.25, 0.3) is 0 Å². The Labute approximate surface area is 98.0 Å². The van der Waals surface area contributed by atoms with Crippen molar-refractivity contribution in [1.82, 2.24) is 10.2 Å². The van der Waals surface area contributed by atoms with Gasteiger partial charge in [0.15, 0.2) is 0 Å². The number of hydrogen-bond acceptors (Lipinski definition) is 4. The van der Waals surface area contributed by atoms with Crippen LogP contribution in [0, 0.1) is 0 Å². The molecule has 2 aliphatic heterocycles. The molecule has 16 heavy (non-hydrogen) atoms. The van der Waals surface area contributed by atoms with Crippen molar-refractivity contribution in [3.8, 4) is 0 Å². The number of hydrogen-bond donors (Lipinski definition) is 2. The highest BCUT2D eigenvalue weighted by atomic mass is 16.5. The third-order valence-electron chi connectivity index (χ3n) is 3.95. The van der Waals surface area contributed by atoms with Gasteiger partial charge in [0.1, 0.15) is 0 Å². The summed E-state index contributed by atoms with van der Waals surface area (Å²) in [6, 6.07) is 0. The summed E-state index contributed by atoms with van der Waals surface area (Å²) in [5.41, 5.74) is -0.0114. The van der Waals surface area contributed by atoms with Gasteiger partial charge in [-0.2, -0.15) is 0 Å². The Morgan fingerprint density at radius 1 is 1.12 bits per heavy atom. The van der Waals surface area contributed by atoms with Crippen LogP contribution in [0.4, 0.5) is 0 Å². The zero-order valence-electron chi connectivity index (χ0n) is 10.1.